The van der Waals surface area contributed by atoms with Crippen LogP contribution in [0.25, 0.3) is 22.5 Å². The lowest BCUT2D eigenvalue weighted by atomic mass is 9.81. The van der Waals surface area contributed by atoms with Crippen LogP contribution in [0, 0.1) is 18.8 Å². The van der Waals surface area contributed by atoms with Crippen molar-refractivity contribution < 1.29 is 38.2 Å². The van der Waals surface area contributed by atoms with Gasteiger partial charge in [0.2, 0.25) is 23.5 Å². The summed E-state index contributed by atoms with van der Waals surface area (Å²) in [6.07, 6.45) is 3.17. The highest BCUT2D eigenvalue weighted by Crippen LogP contribution is 2.30. The number of benzene rings is 3. The van der Waals surface area contributed by atoms with Crippen molar-refractivity contribution >= 4 is 41.4 Å². The largest absolute Gasteiger partial charge is 0.467 e. The summed E-state index contributed by atoms with van der Waals surface area (Å²) in [7, 11) is 1.26. The van der Waals surface area contributed by atoms with Gasteiger partial charge >= 0.3 is 12.1 Å². The van der Waals surface area contributed by atoms with Crippen LogP contribution in [0.1, 0.15) is 80.8 Å². The molecule has 17 nitrogen and oxygen atoms in total. The summed E-state index contributed by atoms with van der Waals surface area (Å²) < 4.78 is 10.1. The minimum atomic E-state index is -0.890. The van der Waals surface area contributed by atoms with Gasteiger partial charge < -0.3 is 36.1 Å². The number of piperidine rings is 1. The Morgan fingerprint density at radius 2 is 1.59 bits per heavy atom. The number of hydrogen-bond donors (Lipinski definition) is 6. The molecule has 0 bridgehead atoms. The summed E-state index contributed by atoms with van der Waals surface area (Å²) in [6, 6.07) is 17.6. The van der Waals surface area contributed by atoms with E-state index in [1.165, 1.54) is 7.11 Å². The van der Waals surface area contributed by atoms with E-state index < -0.39 is 47.6 Å². The predicted molar refractivity (Wildman–Crippen MR) is 225 cm³/mol. The van der Waals surface area contributed by atoms with E-state index >= 15 is 0 Å². The van der Waals surface area contributed by atoms with Crippen molar-refractivity contribution in [2.24, 2.45) is 11.8 Å². The van der Waals surface area contributed by atoms with E-state index in [-0.39, 0.29) is 30.1 Å². The van der Waals surface area contributed by atoms with Crippen molar-refractivity contribution in [2.75, 3.05) is 19.0 Å². The number of aromatic amines is 1. The van der Waals surface area contributed by atoms with Crippen LogP contribution in [-0.2, 0) is 35.1 Å². The maximum atomic E-state index is 13.9. The number of aromatic nitrogens is 4. The fourth-order valence-corrected chi connectivity index (χ4v) is 7.58. The van der Waals surface area contributed by atoms with Crippen LogP contribution >= 0.6 is 0 Å². The van der Waals surface area contributed by atoms with Crippen LogP contribution in [0.2, 0.25) is 0 Å². The smallest absolute Gasteiger partial charge is 0.407 e. The number of anilines is 1. The fourth-order valence-electron chi connectivity index (χ4n) is 7.58. The lowest BCUT2D eigenvalue weighted by Gasteiger charge is -2.29. The summed E-state index contributed by atoms with van der Waals surface area (Å²) in [6.45, 7) is 7.80. The van der Waals surface area contributed by atoms with Crippen LogP contribution in [0.5, 0.6) is 0 Å². The average molecular weight is 836 g/mol. The maximum absolute atomic E-state index is 13.9. The molecule has 0 radical (unpaired) electrons. The molecule has 2 heterocycles. The number of rotatable bonds is 13. The number of ether oxygens (including phenoxy) is 2. The number of tetrazole rings is 1. The summed E-state index contributed by atoms with van der Waals surface area (Å²) in [5.74, 6) is -1.58. The highest BCUT2D eigenvalue weighted by molar-refractivity contribution is 5.99. The van der Waals surface area contributed by atoms with Crippen LogP contribution < -0.4 is 26.6 Å². The first-order chi connectivity index (χ1) is 29.1. The van der Waals surface area contributed by atoms with E-state index in [1.54, 1.807) is 36.4 Å². The van der Waals surface area contributed by atoms with E-state index in [9.17, 15) is 28.8 Å². The molecule has 3 unspecified atom stereocenters. The maximum Gasteiger partial charge on any atom is 0.407 e. The Hall–Kier alpha value is -6.65. The first kappa shape index (κ1) is 43.9. The van der Waals surface area contributed by atoms with Crippen molar-refractivity contribution in [3.05, 3.63) is 83.4 Å². The van der Waals surface area contributed by atoms with Crippen molar-refractivity contribution in [3.63, 3.8) is 0 Å². The van der Waals surface area contributed by atoms with Crippen molar-refractivity contribution in [1.82, 2.24) is 41.9 Å². The third kappa shape index (κ3) is 12.0. The first-order valence-corrected chi connectivity index (χ1v) is 20.5. The highest BCUT2D eigenvalue weighted by atomic mass is 16.6. The molecule has 2 fully saturated rings. The monoisotopic (exact) mass is 835 g/mol. The molecular weight excluding hydrogens is 783 g/mol. The number of nitrogens with zero attached hydrogens (tertiary/aromatic N) is 3. The standard InChI is InChI=1S/C44H53N9O8/c1-25-22-31(39(55)47-34-20-21-35(42(58)60-5)48-40(34)56)16-19-33(25)28-10-6-26(7-11-28)23-36(41(57)46-32-17-14-29(15-18-32)37-50-52-53-51-37)49-38(54)30-12-8-27(9-13-30)24-45-43(59)61-44(2,3)4/h6-7,10-11,14-19,22,27,30,34-36H,8-9,12-13,20-21,23-24H2,1-5H3,(H,45,59)(H,46,57)(H,47,55)(H,48,56)(H,49,54)(H,50,51,52,53). The van der Waals surface area contributed by atoms with Crippen molar-refractivity contribution in [2.45, 2.75) is 96.4 Å². The predicted octanol–water partition coefficient (Wildman–Crippen LogP) is 4.39. The van der Waals surface area contributed by atoms with Gasteiger partial charge in [-0.05, 0) is 136 Å². The molecule has 6 N–H and O–H groups in total. The summed E-state index contributed by atoms with van der Waals surface area (Å²) in [4.78, 5) is 77.3. The second kappa shape index (κ2) is 19.6. The molecule has 2 aliphatic rings. The number of amides is 5. The van der Waals surface area contributed by atoms with Gasteiger partial charge in [-0.1, -0.05) is 30.3 Å². The molecule has 5 amide bonds. The van der Waals surface area contributed by atoms with Crippen LogP contribution in [0.3, 0.4) is 0 Å². The fraction of sp³-hybridized carbons (Fsp3) is 0.432. The number of esters is 1. The molecule has 3 aromatic carbocycles. The first-order valence-electron chi connectivity index (χ1n) is 20.5. The van der Waals surface area contributed by atoms with Gasteiger partial charge in [-0.25, -0.2) is 9.59 Å². The zero-order chi connectivity index (χ0) is 43.7. The molecule has 6 rings (SSSR count). The summed E-state index contributed by atoms with van der Waals surface area (Å²) in [5, 5.41) is 28.2. The summed E-state index contributed by atoms with van der Waals surface area (Å²) >= 11 is 0. The number of alkyl carbamates (subject to hydrolysis) is 1. The van der Waals surface area contributed by atoms with Gasteiger partial charge in [-0.2, -0.15) is 5.21 Å². The van der Waals surface area contributed by atoms with Crippen molar-refractivity contribution in [3.8, 4) is 22.5 Å². The van der Waals surface area contributed by atoms with Gasteiger partial charge in [-0.15, -0.1) is 10.2 Å². The quantitative estimate of drug-likeness (QED) is 0.103. The lowest BCUT2D eigenvalue weighted by molar-refractivity contribution is -0.146. The normalized spacial score (nSPS) is 19.4. The van der Waals surface area contributed by atoms with E-state index in [0.29, 0.717) is 54.9 Å². The topological polar surface area (TPSA) is 235 Å². The number of H-pyrrole nitrogens is 1. The molecule has 1 aromatic heterocycles. The Bertz CT molecular complexity index is 2200. The molecule has 61 heavy (non-hydrogen) atoms. The van der Waals surface area contributed by atoms with Gasteiger partial charge in [0.15, 0.2) is 0 Å². The Balaban J connectivity index is 1.09. The minimum absolute atomic E-state index is 0.197. The number of carbonyl (C=O) groups is 6. The zero-order valence-corrected chi connectivity index (χ0v) is 35.0. The Morgan fingerprint density at radius 3 is 2.21 bits per heavy atom. The minimum Gasteiger partial charge on any atom is -0.467 e. The molecule has 1 saturated carbocycles. The Labute approximate surface area is 353 Å². The molecular formula is C44H53N9O8. The highest BCUT2D eigenvalue weighted by Gasteiger charge is 2.34. The second-order valence-corrected chi connectivity index (χ2v) is 16.6. The molecule has 0 spiro atoms. The number of hydrogen-bond acceptors (Lipinski definition) is 11. The number of carbonyl (C=O) groups excluding carboxylic acids is 6. The van der Waals surface area contributed by atoms with Gasteiger partial charge in [0.25, 0.3) is 5.91 Å². The molecule has 4 aromatic rings. The molecule has 1 aliphatic carbocycles. The van der Waals surface area contributed by atoms with Crippen molar-refractivity contribution in [1.29, 1.82) is 0 Å². The van der Waals surface area contributed by atoms with E-state index in [0.717, 1.165) is 35.1 Å². The van der Waals surface area contributed by atoms with Crippen LogP contribution in [0.4, 0.5) is 10.5 Å². The van der Waals surface area contributed by atoms with Gasteiger partial charge in [0.1, 0.15) is 23.7 Å². The second-order valence-electron chi connectivity index (χ2n) is 16.6. The van der Waals surface area contributed by atoms with Crippen LogP contribution in [-0.4, -0.2) is 93.7 Å². The summed E-state index contributed by atoms with van der Waals surface area (Å²) in [5.41, 5.74) is 4.49. The molecule has 1 saturated heterocycles. The van der Waals surface area contributed by atoms with E-state index in [1.807, 2.05) is 58.0 Å². The Kier molecular flexibility index (Phi) is 14.1. The zero-order valence-electron chi connectivity index (χ0n) is 35.0. The molecule has 322 valence electrons. The van der Waals surface area contributed by atoms with Gasteiger partial charge in [0.05, 0.1) is 7.11 Å². The van der Waals surface area contributed by atoms with E-state index in [2.05, 4.69) is 47.2 Å². The van der Waals surface area contributed by atoms with Gasteiger partial charge in [0, 0.05) is 35.7 Å². The number of methoxy groups -OCH3 is 1. The third-order valence-corrected chi connectivity index (χ3v) is 10.9. The number of aryl methyl sites for hydroxylation is 1. The SMILES string of the molecule is COC(=O)C1CCC(NC(=O)c2ccc(-c3ccc(CC(NC(=O)C4CCC(CNC(=O)OC(C)(C)C)CC4)C(=O)Nc4ccc(-c5nn[nH]n5)cc4)cc3)c(C)c2)C(=O)N1. The Morgan fingerprint density at radius 1 is 0.885 bits per heavy atom. The molecule has 17 heteroatoms. The van der Waals surface area contributed by atoms with Crippen LogP contribution in [0.15, 0.2) is 66.7 Å². The lowest BCUT2D eigenvalue weighted by Crippen LogP contribution is -2.56. The van der Waals surface area contributed by atoms with E-state index in [4.69, 9.17) is 9.47 Å². The third-order valence-electron chi connectivity index (χ3n) is 10.9. The molecule has 1 aliphatic heterocycles. The molecule has 3 atom stereocenters. The van der Waals surface area contributed by atoms with Gasteiger partial charge in [-0.3, -0.25) is 19.2 Å². The average Bonchev–Trinajstić information content (AvgIpc) is 3.79. The number of nitrogens with one attached hydrogen (secondary N) is 6.